The van der Waals surface area contributed by atoms with Crippen molar-refractivity contribution in [2.45, 2.75) is 26.7 Å². The molecule has 0 bridgehead atoms. The molecule has 3 rings (SSSR count). The molecule has 4 N–H and O–H groups in total. The molecule has 2 heterocycles. The lowest BCUT2D eigenvalue weighted by molar-refractivity contribution is -0.109. The molecule has 0 saturated heterocycles. The molecule has 0 saturated carbocycles. The van der Waals surface area contributed by atoms with Gasteiger partial charge in [0.15, 0.2) is 11.5 Å². The Kier molecular flexibility index (Phi) is 8.90. The van der Waals surface area contributed by atoms with E-state index < -0.39 is 0 Å². The highest BCUT2D eigenvalue weighted by atomic mass is 79.9. The lowest BCUT2D eigenvalue weighted by atomic mass is 10.1. The second kappa shape index (κ2) is 11.4. The van der Waals surface area contributed by atoms with Crippen molar-refractivity contribution in [3.8, 4) is 11.3 Å². The third kappa shape index (κ3) is 6.03. The first kappa shape index (κ1) is 21.8. The molecule has 7 nitrogen and oxygen atoms in total. The Morgan fingerprint density at radius 2 is 2.00 bits per heavy atom. The van der Waals surface area contributed by atoms with Crippen molar-refractivity contribution < 1.29 is 4.79 Å². The maximum Gasteiger partial charge on any atom is 0.207 e. The van der Waals surface area contributed by atoms with E-state index in [1.807, 2.05) is 23.7 Å². The second-order valence-corrected chi connectivity index (χ2v) is 7.07. The minimum Gasteiger partial charge on any atom is -0.367 e. The van der Waals surface area contributed by atoms with Crippen LogP contribution in [0.25, 0.3) is 16.9 Å². The van der Waals surface area contributed by atoms with E-state index in [0.29, 0.717) is 13.0 Å². The van der Waals surface area contributed by atoms with Gasteiger partial charge in [0.05, 0.1) is 11.9 Å². The van der Waals surface area contributed by atoms with Crippen LogP contribution in [0, 0.1) is 6.92 Å². The largest absolute Gasteiger partial charge is 0.367 e. The van der Waals surface area contributed by atoms with Crippen LogP contribution >= 0.6 is 15.9 Å². The summed E-state index contributed by atoms with van der Waals surface area (Å²) in [7, 11) is 0. The zero-order chi connectivity index (χ0) is 20.4. The number of imidazole rings is 1. The highest BCUT2D eigenvalue weighted by Crippen LogP contribution is 2.25. The van der Waals surface area contributed by atoms with E-state index in [1.165, 1.54) is 5.56 Å². The fourth-order valence-electron chi connectivity index (χ4n) is 2.53. The highest BCUT2D eigenvalue weighted by Gasteiger charge is 2.11. The average Bonchev–Trinajstić information content (AvgIpc) is 3.11. The van der Waals surface area contributed by atoms with E-state index in [0.717, 1.165) is 53.3 Å². The smallest absolute Gasteiger partial charge is 0.207 e. The molecule has 1 amide bonds. The Labute approximate surface area is 173 Å². The van der Waals surface area contributed by atoms with Crippen LogP contribution in [0.4, 0.5) is 5.82 Å². The Bertz CT molecular complexity index is 878. The first-order chi connectivity index (χ1) is 13.6. The van der Waals surface area contributed by atoms with Gasteiger partial charge in [-0.2, -0.15) is 0 Å². The number of fused-ring (bicyclic) bond motifs is 1. The van der Waals surface area contributed by atoms with E-state index in [4.69, 9.17) is 5.73 Å². The second-order valence-electron chi connectivity index (χ2n) is 6.26. The molecule has 0 spiro atoms. The molecule has 150 valence electrons. The molecular weight excluding hydrogens is 420 g/mol. The van der Waals surface area contributed by atoms with Gasteiger partial charge in [-0.3, -0.25) is 9.20 Å². The summed E-state index contributed by atoms with van der Waals surface area (Å²) in [4.78, 5) is 18.5. The number of amides is 1. The maximum atomic E-state index is 9.45. The number of anilines is 1. The van der Waals surface area contributed by atoms with Crippen molar-refractivity contribution in [3.05, 3.63) is 46.8 Å². The van der Waals surface area contributed by atoms with E-state index >= 15 is 0 Å². The van der Waals surface area contributed by atoms with Crippen LogP contribution < -0.4 is 16.4 Å². The average molecular weight is 447 g/mol. The molecule has 0 radical (unpaired) electrons. The quantitative estimate of drug-likeness (QED) is 0.364. The molecule has 0 fully saturated rings. The van der Waals surface area contributed by atoms with Crippen molar-refractivity contribution in [2.75, 3.05) is 25.0 Å². The number of halogens is 1. The number of aromatic nitrogens is 3. The van der Waals surface area contributed by atoms with Crippen molar-refractivity contribution in [1.29, 1.82) is 0 Å². The molecule has 3 aromatic rings. The molecule has 28 heavy (non-hydrogen) atoms. The van der Waals surface area contributed by atoms with Crippen molar-refractivity contribution in [3.63, 3.8) is 0 Å². The van der Waals surface area contributed by atoms with Crippen molar-refractivity contribution in [2.24, 2.45) is 5.73 Å². The van der Waals surface area contributed by atoms with Crippen molar-refractivity contribution in [1.82, 2.24) is 19.7 Å². The summed E-state index contributed by atoms with van der Waals surface area (Å²) in [6, 6.07) is 8.42. The van der Waals surface area contributed by atoms with Crippen molar-refractivity contribution >= 4 is 33.8 Å². The van der Waals surface area contributed by atoms with Gasteiger partial charge in [0.2, 0.25) is 6.41 Å². The monoisotopic (exact) mass is 446 g/mol. The number of benzene rings is 1. The van der Waals surface area contributed by atoms with Gasteiger partial charge in [-0.1, -0.05) is 36.8 Å². The molecule has 0 aliphatic carbocycles. The molecule has 2 aromatic heterocycles. The molecule has 0 aliphatic heterocycles. The zero-order valence-corrected chi connectivity index (χ0v) is 17.9. The molecule has 0 atom stereocenters. The van der Waals surface area contributed by atoms with E-state index in [2.05, 4.69) is 67.7 Å². The minimum absolute atomic E-state index is 0.653. The summed E-state index contributed by atoms with van der Waals surface area (Å²) in [6.07, 6.45) is 6.43. The number of hydrogen-bond donors (Lipinski definition) is 3. The molecule has 0 aliphatic rings. The highest BCUT2D eigenvalue weighted by molar-refractivity contribution is 9.10. The number of nitrogens with zero attached hydrogens (tertiary/aromatic N) is 3. The first-order valence-electron chi connectivity index (χ1n) is 9.32. The van der Waals surface area contributed by atoms with Gasteiger partial charge in [-0.25, -0.2) is 9.97 Å². The SMILES string of the molecule is CCCNC=O.Cc1ccc(-c2cnc3c(NCCCN)nc(Br)cn23)cc1. The molecular formula is C20H27BrN6O. The molecule has 1 aromatic carbocycles. The number of hydrogen-bond acceptors (Lipinski definition) is 5. The fraction of sp³-hybridized carbons (Fsp3) is 0.350. The van der Waals surface area contributed by atoms with Gasteiger partial charge in [0.25, 0.3) is 0 Å². The number of aryl methyl sites for hydroxylation is 1. The van der Waals surface area contributed by atoms with Crippen LogP contribution in [0.5, 0.6) is 0 Å². The predicted octanol–water partition coefficient (Wildman–Crippen LogP) is 3.37. The zero-order valence-electron chi connectivity index (χ0n) is 16.3. The van der Waals surface area contributed by atoms with E-state index in [-0.39, 0.29) is 0 Å². The number of nitrogens with two attached hydrogens (primary N) is 1. The Balaban J connectivity index is 0.000000409. The Hall–Kier alpha value is -2.45. The number of nitrogens with one attached hydrogen (secondary N) is 2. The van der Waals surface area contributed by atoms with Gasteiger partial charge >= 0.3 is 0 Å². The molecule has 8 heteroatoms. The number of carbonyl (C=O) groups excluding carboxylic acids is 1. The van der Waals surface area contributed by atoms with Crippen LogP contribution in [0.2, 0.25) is 0 Å². The summed E-state index contributed by atoms with van der Waals surface area (Å²) in [6.45, 7) is 6.32. The van der Waals surface area contributed by atoms with Crippen LogP contribution in [-0.4, -0.2) is 40.4 Å². The van der Waals surface area contributed by atoms with Gasteiger partial charge in [-0.15, -0.1) is 0 Å². The van der Waals surface area contributed by atoms with E-state index in [9.17, 15) is 4.79 Å². The van der Waals surface area contributed by atoms with Crippen LogP contribution in [-0.2, 0) is 4.79 Å². The summed E-state index contributed by atoms with van der Waals surface area (Å²) in [5.74, 6) is 0.765. The van der Waals surface area contributed by atoms with Crippen LogP contribution in [0.1, 0.15) is 25.3 Å². The predicted molar refractivity (Wildman–Crippen MR) is 117 cm³/mol. The van der Waals surface area contributed by atoms with Gasteiger partial charge < -0.3 is 16.4 Å². The summed E-state index contributed by atoms with van der Waals surface area (Å²) < 4.78 is 2.81. The normalized spacial score (nSPS) is 10.3. The van der Waals surface area contributed by atoms with E-state index in [1.54, 1.807) is 0 Å². The van der Waals surface area contributed by atoms with Crippen LogP contribution in [0.15, 0.2) is 41.3 Å². The number of carbonyl (C=O) groups is 1. The van der Waals surface area contributed by atoms with Crippen LogP contribution in [0.3, 0.4) is 0 Å². The summed E-state index contributed by atoms with van der Waals surface area (Å²) in [5, 5.41) is 5.82. The lowest BCUT2D eigenvalue weighted by Crippen LogP contribution is -2.10. The third-order valence-corrected chi connectivity index (χ3v) is 4.34. The fourth-order valence-corrected chi connectivity index (χ4v) is 2.91. The Morgan fingerprint density at radius 1 is 1.25 bits per heavy atom. The Morgan fingerprint density at radius 3 is 2.61 bits per heavy atom. The standard InChI is InChI=1S/C16H18BrN5.C4H9NO/c1-11-3-5-12(6-4-11)13-9-20-16-15(19-8-2-7-18)21-14(17)10-22(13)16;1-2-3-5-4-6/h3-6,9-10H,2,7-8,18H2,1H3,(H,19,21);4H,2-3H2,1H3,(H,5,6). The van der Waals surface area contributed by atoms with Gasteiger partial charge in [-0.05, 0) is 42.2 Å². The topological polar surface area (TPSA) is 97.3 Å². The first-order valence-corrected chi connectivity index (χ1v) is 10.1. The van der Waals surface area contributed by atoms with Gasteiger partial charge in [0.1, 0.15) is 4.60 Å². The molecule has 0 unspecified atom stereocenters. The van der Waals surface area contributed by atoms with Gasteiger partial charge in [0, 0.05) is 24.8 Å². The minimum atomic E-state index is 0.653. The third-order valence-electron chi connectivity index (χ3n) is 3.96. The summed E-state index contributed by atoms with van der Waals surface area (Å²) >= 11 is 3.47. The lowest BCUT2D eigenvalue weighted by Gasteiger charge is -2.08. The maximum absolute atomic E-state index is 9.45. The number of rotatable bonds is 8. The summed E-state index contributed by atoms with van der Waals surface area (Å²) in [5.41, 5.74) is 9.76.